The molecule has 1 atom stereocenters. The average Bonchev–Trinajstić information content (AvgIpc) is 2.54. The van der Waals surface area contributed by atoms with Crippen LogP contribution in [-0.2, 0) is 21.0 Å². The Balaban J connectivity index is 2.44. The van der Waals surface area contributed by atoms with Gasteiger partial charge in [0.15, 0.2) is 0 Å². The number of carbonyl (C=O) groups is 1. The number of sulfonamides is 1. The topological polar surface area (TPSA) is 66.5 Å². The molecule has 2 rings (SSSR count). The summed E-state index contributed by atoms with van der Waals surface area (Å²) in [6.07, 6.45) is -3.74. The van der Waals surface area contributed by atoms with Crippen LogP contribution in [0.3, 0.4) is 0 Å². The lowest BCUT2D eigenvalue weighted by Crippen LogP contribution is -2.38. The number of rotatable bonds is 5. The van der Waals surface area contributed by atoms with Crippen LogP contribution in [0, 0.1) is 0 Å². The molecule has 1 N–H and O–H groups in total. The molecule has 9 heteroatoms. The Bertz CT molecular complexity index is 884. The molecule has 2 aromatic carbocycles. The van der Waals surface area contributed by atoms with E-state index in [0.717, 1.165) is 22.7 Å². The van der Waals surface area contributed by atoms with Gasteiger partial charge in [-0.15, -0.1) is 0 Å². The van der Waals surface area contributed by atoms with E-state index in [9.17, 15) is 26.4 Å². The van der Waals surface area contributed by atoms with E-state index in [-0.39, 0.29) is 0 Å². The van der Waals surface area contributed by atoms with Gasteiger partial charge >= 0.3 is 6.18 Å². The van der Waals surface area contributed by atoms with Crippen molar-refractivity contribution < 1.29 is 26.4 Å². The Labute approximate surface area is 149 Å². The quantitative estimate of drug-likeness (QED) is 0.858. The minimum absolute atomic E-state index is 0.336. The number of nitrogens with one attached hydrogen (secondary N) is 1. The summed E-state index contributed by atoms with van der Waals surface area (Å²) in [5.74, 6) is -0.888. The normalized spacial score (nSPS) is 13.5. The van der Waals surface area contributed by atoms with E-state index >= 15 is 0 Å². The van der Waals surface area contributed by atoms with Crippen LogP contribution in [0.25, 0.3) is 0 Å². The molecular weight excluding hydrogens is 369 g/mol. The van der Waals surface area contributed by atoms with Crippen molar-refractivity contribution in [2.75, 3.05) is 18.6 Å². The largest absolute Gasteiger partial charge is 0.418 e. The van der Waals surface area contributed by atoms with Gasteiger partial charge in [0.25, 0.3) is 0 Å². The van der Waals surface area contributed by atoms with Crippen LogP contribution in [0.4, 0.5) is 18.9 Å². The van der Waals surface area contributed by atoms with Crippen LogP contribution in [-0.4, -0.2) is 31.9 Å². The van der Waals surface area contributed by atoms with Crippen LogP contribution in [0.1, 0.15) is 17.2 Å². The summed E-state index contributed by atoms with van der Waals surface area (Å²) in [5.41, 5.74) is -1.11. The number of likely N-dealkylation sites (N-methyl/N-ethyl adjacent to an activating group) is 1. The Morgan fingerprint density at radius 3 is 2.12 bits per heavy atom. The maximum Gasteiger partial charge on any atom is 0.418 e. The number of anilines is 1. The number of nitrogens with zero attached hydrogens (tertiary/aromatic N) is 1. The molecule has 0 heterocycles. The van der Waals surface area contributed by atoms with Crippen LogP contribution >= 0.6 is 0 Å². The van der Waals surface area contributed by atoms with E-state index in [0.29, 0.717) is 5.56 Å². The Morgan fingerprint density at radius 2 is 1.58 bits per heavy atom. The van der Waals surface area contributed by atoms with Crippen molar-refractivity contribution >= 4 is 21.6 Å². The first kappa shape index (κ1) is 19.9. The van der Waals surface area contributed by atoms with Gasteiger partial charge in [0.2, 0.25) is 15.9 Å². The molecule has 0 fully saturated rings. The Kier molecular flexibility index (Phi) is 5.72. The smallest absolute Gasteiger partial charge is 0.324 e. The standard InChI is InChI=1S/C17H17F3N2O3S/c1-22(26(2,24)25)15(12-8-4-3-5-9-12)16(23)21-14-11-7-6-10-13(14)17(18,19)20/h3-11,15H,1-2H3,(H,21,23)/t15-/m0/s1. The van der Waals surface area contributed by atoms with E-state index in [2.05, 4.69) is 5.32 Å². The van der Waals surface area contributed by atoms with Crippen molar-refractivity contribution in [2.45, 2.75) is 12.2 Å². The highest BCUT2D eigenvalue weighted by Crippen LogP contribution is 2.35. The fourth-order valence-electron chi connectivity index (χ4n) is 2.39. The number of halogens is 3. The summed E-state index contributed by atoms with van der Waals surface area (Å²) in [6.45, 7) is 0. The summed E-state index contributed by atoms with van der Waals surface area (Å²) in [5, 5.41) is 2.20. The minimum atomic E-state index is -4.66. The molecule has 5 nitrogen and oxygen atoms in total. The van der Waals surface area contributed by atoms with Crippen molar-refractivity contribution in [3.05, 3.63) is 65.7 Å². The van der Waals surface area contributed by atoms with E-state index in [4.69, 9.17) is 0 Å². The van der Waals surface area contributed by atoms with E-state index in [1.807, 2.05) is 0 Å². The number of hydrogen-bond acceptors (Lipinski definition) is 3. The van der Waals surface area contributed by atoms with Gasteiger partial charge in [-0.1, -0.05) is 42.5 Å². The molecule has 140 valence electrons. The molecule has 0 spiro atoms. The molecule has 2 aromatic rings. The number of carbonyl (C=O) groups excluding carboxylic acids is 1. The second-order valence-electron chi connectivity index (χ2n) is 5.63. The molecule has 1 amide bonds. The first-order chi connectivity index (χ1) is 12.0. The molecule has 0 aliphatic heterocycles. The Morgan fingerprint density at radius 1 is 1.04 bits per heavy atom. The zero-order valence-corrected chi connectivity index (χ0v) is 14.8. The van der Waals surface area contributed by atoms with Crippen molar-refractivity contribution in [1.29, 1.82) is 0 Å². The molecule has 26 heavy (non-hydrogen) atoms. The number of hydrogen-bond donors (Lipinski definition) is 1. The van der Waals surface area contributed by atoms with E-state index < -0.39 is 39.4 Å². The molecule has 0 aromatic heterocycles. The molecule has 0 saturated carbocycles. The third-order valence-corrected chi connectivity index (χ3v) is 5.00. The van der Waals surface area contributed by atoms with Gasteiger partial charge in [-0.2, -0.15) is 17.5 Å². The maximum absolute atomic E-state index is 13.1. The van der Waals surface area contributed by atoms with Crippen molar-refractivity contribution in [1.82, 2.24) is 4.31 Å². The van der Waals surface area contributed by atoms with Gasteiger partial charge in [0.1, 0.15) is 6.04 Å². The SMILES string of the molecule is CN([C@H](C(=O)Nc1ccccc1C(F)(F)F)c1ccccc1)S(C)(=O)=O. The number of benzene rings is 2. The van der Waals surface area contributed by atoms with Gasteiger partial charge in [-0.05, 0) is 17.7 Å². The maximum atomic E-state index is 13.1. The fraction of sp³-hybridized carbons (Fsp3) is 0.235. The molecule has 0 saturated heterocycles. The lowest BCUT2D eigenvalue weighted by molar-refractivity contribution is -0.137. The number of amides is 1. The molecular formula is C17H17F3N2O3S. The molecule has 0 aliphatic carbocycles. The minimum Gasteiger partial charge on any atom is -0.324 e. The molecule has 0 unspecified atom stereocenters. The molecule has 0 radical (unpaired) electrons. The predicted octanol–water partition coefficient (Wildman–Crippen LogP) is 3.28. The zero-order chi connectivity index (χ0) is 19.5. The lowest BCUT2D eigenvalue weighted by atomic mass is 10.1. The van der Waals surface area contributed by atoms with E-state index in [1.54, 1.807) is 18.2 Å². The van der Waals surface area contributed by atoms with Gasteiger partial charge in [0, 0.05) is 7.05 Å². The van der Waals surface area contributed by atoms with Crippen LogP contribution in [0.2, 0.25) is 0 Å². The third-order valence-electron chi connectivity index (χ3n) is 3.74. The van der Waals surface area contributed by atoms with Crippen molar-refractivity contribution in [3.63, 3.8) is 0 Å². The van der Waals surface area contributed by atoms with Gasteiger partial charge < -0.3 is 5.32 Å². The third kappa shape index (κ3) is 4.61. The van der Waals surface area contributed by atoms with Crippen molar-refractivity contribution in [2.24, 2.45) is 0 Å². The molecule has 0 aliphatic rings. The monoisotopic (exact) mass is 386 g/mol. The zero-order valence-electron chi connectivity index (χ0n) is 14.0. The first-order valence-electron chi connectivity index (χ1n) is 7.47. The van der Waals surface area contributed by atoms with Crippen LogP contribution in [0.5, 0.6) is 0 Å². The molecule has 0 bridgehead atoms. The van der Waals surface area contributed by atoms with Gasteiger partial charge in [-0.3, -0.25) is 4.79 Å². The van der Waals surface area contributed by atoms with Crippen molar-refractivity contribution in [3.8, 4) is 0 Å². The average molecular weight is 386 g/mol. The highest BCUT2D eigenvalue weighted by atomic mass is 32.2. The lowest BCUT2D eigenvalue weighted by Gasteiger charge is -2.26. The predicted molar refractivity (Wildman–Crippen MR) is 91.9 cm³/mol. The van der Waals surface area contributed by atoms with Gasteiger partial charge in [-0.25, -0.2) is 8.42 Å². The summed E-state index contributed by atoms with van der Waals surface area (Å²) in [7, 11) is -2.58. The summed E-state index contributed by atoms with van der Waals surface area (Å²) in [6, 6.07) is 11.1. The second kappa shape index (κ2) is 7.46. The van der Waals surface area contributed by atoms with Crippen LogP contribution in [0.15, 0.2) is 54.6 Å². The highest BCUT2D eigenvalue weighted by Gasteiger charge is 2.35. The van der Waals surface area contributed by atoms with Gasteiger partial charge in [0.05, 0.1) is 17.5 Å². The van der Waals surface area contributed by atoms with Crippen LogP contribution < -0.4 is 5.32 Å². The number of para-hydroxylation sites is 1. The van der Waals surface area contributed by atoms with E-state index in [1.165, 1.54) is 31.3 Å². The second-order valence-corrected chi connectivity index (χ2v) is 7.67. The summed E-state index contributed by atoms with van der Waals surface area (Å²) in [4.78, 5) is 12.7. The first-order valence-corrected chi connectivity index (χ1v) is 9.31. The summed E-state index contributed by atoms with van der Waals surface area (Å²) >= 11 is 0. The summed E-state index contributed by atoms with van der Waals surface area (Å²) < 4.78 is 63.9. The number of alkyl halides is 3. The Hall–Kier alpha value is -2.39. The highest BCUT2D eigenvalue weighted by molar-refractivity contribution is 7.88. The fourth-order valence-corrected chi connectivity index (χ4v) is 2.99.